The minimum absolute atomic E-state index is 0.0160. The van der Waals surface area contributed by atoms with Crippen LogP contribution in [0.1, 0.15) is 11.1 Å². The van der Waals surface area contributed by atoms with Gasteiger partial charge in [-0.1, -0.05) is 0 Å². The van der Waals surface area contributed by atoms with Gasteiger partial charge in [0.1, 0.15) is 0 Å². The number of anilines is 4. The van der Waals surface area contributed by atoms with Gasteiger partial charge in [0.25, 0.3) is 0 Å². The van der Waals surface area contributed by atoms with Crippen molar-refractivity contribution in [3.63, 3.8) is 0 Å². The largest absolute Gasteiger partial charge is 0.416 e. The molecule has 8 N–H and O–H groups in total. The van der Waals surface area contributed by atoms with Crippen molar-refractivity contribution in [3.8, 4) is 0 Å². The van der Waals surface area contributed by atoms with E-state index in [1.165, 1.54) is 6.07 Å². The van der Waals surface area contributed by atoms with Gasteiger partial charge >= 0.3 is 12.4 Å². The highest BCUT2D eigenvalue weighted by molar-refractivity contribution is 5.64. The molecule has 2 aromatic carbocycles. The number of hydrogen-bond acceptors (Lipinski definition) is 4. The average molecular weight is 352 g/mol. The van der Waals surface area contributed by atoms with E-state index >= 15 is 0 Å². The van der Waals surface area contributed by atoms with Crippen molar-refractivity contribution in [2.24, 2.45) is 0 Å². The second-order valence-electron chi connectivity index (χ2n) is 4.73. The first-order chi connectivity index (χ1) is 10.8. The van der Waals surface area contributed by atoms with Crippen molar-refractivity contribution < 1.29 is 26.3 Å². The Balaban J connectivity index is 0.000000240. The summed E-state index contributed by atoms with van der Waals surface area (Å²) in [5, 5.41) is 0. The second-order valence-corrected chi connectivity index (χ2v) is 4.73. The van der Waals surface area contributed by atoms with Gasteiger partial charge < -0.3 is 22.9 Å². The van der Waals surface area contributed by atoms with Gasteiger partial charge in [-0.15, -0.1) is 0 Å². The zero-order chi connectivity index (χ0) is 18.7. The Morgan fingerprint density at radius 2 is 1.00 bits per heavy atom. The highest BCUT2D eigenvalue weighted by Gasteiger charge is 2.31. The Morgan fingerprint density at radius 3 is 1.38 bits per heavy atom. The van der Waals surface area contributed by atoms with Crippen LogP contribution in [-0.2, 0) is 12.4 Å². The highest BCUT2D eigenvalue weighted by Crippen LogP contribution is 2.32. The van der Waals surface area contributed by atoms with Crippen molar-refractivity contribution in [1.82, 2.24) is 0 Å². The number of halogens is 6. The summed E-state index contributed by atoms with van der Waals surface area (Å²) in [7, 11) is 0. The fourth-order valence-corrected chi connectivity index (χ4v) is 1.59. The minimum atomic E-state index is -4.39. The Hall–Kier alpha value is -2.78. The molecule has 0 heterocycles. The predicted molar refractivity (Wildman–Crippen MR) is 80.5 cm³/mol. The average Bonchev–Trinajstić information content (AvgIpc) is 2.39. The molecule has 132 valence electrons. The van der Waals surface area contributed by atoms with Gasteiger partial charge in [-0.2, -0.15) is 26.3 Å². The first-order valence-electron chi connectivity index (χ1n) is 6.26. The number of hydrogen-bond donors (Lipinski definition) is 4. The number of benzene rings is 2. The normalized spacial score (nSPS) is 11.6. The molecule has 0 aromatic heterocycles. The maximum atomic E-state index is 12.0. The van der Waals surface area contributed by atoms with Crippen LogP contribution in [0, 0.1) is 0 Å². The Kier molecular flexibility index (Phi) is 5.43. The molecule has 2 aromatic rings. The van der Waals surface area contributed by atoms with Crippen LogP contribution in [0.15, 0.2) is 36.4 Å². The zero-order valence-corrected chi connectivity index (χ0v) is 12.0. The Bertz CT molecular complexity index is 689. The molecule has 24 heavy (non-hydrogen) atoms. The van der Waals surface area contributed by atoms with Crippen LogP contribution in [0.5, 0.6) is 0 Å². The molecule has 0 amide bonds. The van der Waals surface area contributed by atoms with Crippen LogP contribution in [0.3, 0.4) is 0 Å². The van der Waals surface area contributed by atoms with Crippen molar-refractivity contribution in [2.45, 2.75) is 12.4 Å². The zero-order valence-electron chi connectivity index (χ0n) is 12.0. The van der Waals surface area contributed by atoms with Gasteiger partial charge in [-0.25, -0.2) is 0 Å². The van der Waals surface area contributed by atoms with E-state index in [-0.39, 0.29) is 22.7 Å². The second kappa shape index (κ2) is 6.77. The van der Waals surface area contributed by atoms with Gasteiger partial charge in [0.15, 0.2) is 0 Å². The lowest BCUT2D eigenvalue weighted by molar-refractivity contribution is -0.138. The maximum Gasteiger partial charge on any atom is 0.416 e. The summed E-state index contributed by atoms with van der Waals surface area (Å²) in [5.41, 5.74) is 19.3. The monoisotopic (exact) mass is 352 g/mol. The lowest BCUT2D eigenvalue weighted by Crippen LogP contribution is -2.06. The van der Waals surface area contributed by atoms with Crippen LogP contribution in [0.4, 0.5) is 49.1 Å². The molecule has 0 unspecified atom stereocenters. The molecule has 0 atom stereocenters. The van der Waals surface area contributed by atoms with E-state index in [1.54, 1.807) is 0 Å². The summed E-state index contributed by atoms with van der Waals surface area (Å²) in [4.78, 5) is 0. The van der Waals surface area contributed by atoms with Crippen LogP contribution in [-0.4, -0.2) is 0 Å². The summed E-state index contributed by atoms with van der Waals surface area (Å²) >= 11 is 0. The molecule has 0 saturated carbocycles. The third-order valence-corrected chi connectivity index (χ3v) is 2.72. The maximum absolute atomic E-state index is 12.0. The molecule has 0 aliphatic rings. The standard InChI is InChI=1S/2C7H7F3N2/c8-7(9,10)4-1-5(11)3-6(12)2-4;8-7(9,10)4-1-2-5(11)6(12)3-4/h2*1-3H,11-12H2. The summed E-state index contributed by atoms with van der Waals surface area (Å²) in [6, 6.07) is 5.81. The van der Waals surface area contributed by atoms with Crippen molar-refractivity contribution in [3.05, 3.63) is 47.5 Å². The first-order valence-corrected chi connectivity index (χ1v) is 6.26. The van der Waals surface area contributed by atoms with Crippen LogP contribution >= 0.6 is 0 Å². The van der Waals surface area contributed by atoms with E-state index in [0.29, 0.717) is 0 Å². The van der Waals surface area contributed by atoms with E-state index in [9.17, 15) is 26.3 Å². The topological polar surface area (TPSA) is 104 Å². The van der Waals surface area contributed by atoms with Gasteiger partial charge in [0.2, 0.25) is 0 Å². The summed E-state index contributed by atoms with van der Waals surface area (Å²) in [6.07, 6.45) is -8.74. The molecule has 2 rings (SSSR count). The first kappa shape index (κ1) is 19.3. The highest BCUT2D eigenvalue weighted by atomic mass is 19.4. The smallest absolute Gasteiger partial charge is 0.399 e. The van der Waals surface area contributed by atoms with E-state index in [1.807, 2.05) is 0 Å². The quantitative estimate of drug-likeness (QED) is 0.428. The van der Waals surface area contributed by atoms with Gasteiger partial charge in [-0.05, 0) is 36.4 Å². The number of nitrogens with two attached hydrogens (primary N) is 4. The van der Waals surface area contributed by atoms with Crippen LogP contribution in [0.2, 0.25) is 0 Å². The SMILES string of the molecule is Nc1cc(N)cc(C(F)(F)F)c1.Nc1ccc(C(F)(F)F)cc1N. The fourth-order valence-electron chi connectivity index (χ4n) is 1.59. The van der Waals surface area contributed by atoms with Crippen molar-refractivity contribution >= 4 is 22.7 Å². The van der Waals surface area contributed by atoms with E-state index in [4.69, 9.17) is 22.9 Å². The molecule has 0 radical (unpaired) electrons. The summed E-state index contributed by atoms with van der Waals surface area (Å²) in [5.74, 6) is 0. The molecule has 0 aliphatic heterocycles. The summed E-state index contributed by atoms with van der Waals surface area (Å²) in [6.45, 7) is 0. The van der Waals surface area contributed by atoms with Gasteiger partial charge in [0.05, 0.1) is 22.5 Å². The van der Waals surface area contributed by atoms with Crippen molar-refractivity contribution in [1.29, 1.82) is 0 Å². The third-order valence-electron chi connectivity index (χ3n) is 2.72. The van der Waals surface area contributed by atoms with Gasteiger partial charge in [0, 0.05) is 11.4 Å². The number of alkyl halides is 6. The molecular weight excluding hydrogens is 338 g/mol. The molecule has 0 aliphatic carbocycles. The molecular formula is C14H14F6N4. The minimum Gasteiger partial charge on any atom is -0.399 e. The lowest BCUT2D eigenvalue weighted by Gasteiger charge is -2.07. The molecule has 4 nitrogen and oxygen atoms in total. The third kappa shape index (κ3) is 5.45. The Labute approximate surface area is 133 Å². The van der Waals surface area contributed by atoms with E-state index < -0.39 is 23.5 Å². The summed E-state index contributed by atoms with van der Waals surface area (Å²) < 4.78 is 72.1. The number of rotatable bonds is 0. The molecule has 0 bridgehead atoms. The fraction of sp³-hybridized carbons (Fsp3) is 0.143. The molecule has 0 spiro atoms. The molecule has 0 saturated heterocycles. The van der Waals surface area contributed by atoms with E-state index in [2.05, 4.69) is 0 Å². The van der Waals surface area contributed by atoms with E-state index in [0.717, 1.165) is 30.3 Å². The Morgan fingerprint density at radius 1 is 0.542 bits per heavy atom. The molecule has 0 fully saturated rings. The van der Waals surface area contributed by atoms with Crippen molar-refractivity contribution in [2.75, 3.05) is 22.9 Å². The van der Waals surface area contributed by atoms with Gasteiger partial charge in [-0.3, -0.25) is 0 Å². The predicted octanol–water partition coefficient (Wildman–Crippen LogP) is 3.74. The van der Waals surface area contributed by atoms with Crippen LogP contribution < -0.4 is 22.9 Å². The lowest BCUT2D eigenvalue weighted by atomic mass is 10.2. The number of nitrogen functional groups attached to an aromatic ring is 4. The molecule has 10 heteroatoms. The van der Waals surface area contributed by atoms with Crippen LogP contribution in [0.25, 0.3) is 0 Å².